The van der Waals surface area contributed by atoms with Crippen LogP contribution in [0.1, 0.15) is 34.1 Å². The van der Waals surface area contributed by atoms with E-state index in [1.165, 1.54) is 43.3 Å². The van der Waals surface area contributed by atoms with E-state index in [2.05, 4.69) is 4.72 Å². The van der Waals surface area contributed by atoms with Gasteiger partial charge in [0.25, 0.3) is 10.0 Å². The average Bonchev–Trinajstić information content (AvgIpc) is 2.85. The Morgan fingerprint density at radius 2 is 1.63 bits per heavy atom. The minimum absolute atomic E-state index is 0.101. The molecule has 3 rings (SSSR count). The van der Waals surface area contributed by atoms with E-state index in [9.17, 15) is 23.1 Å². The van der Waals surface area contributed by atoms with Gasteiger partial charge in [-0.05, 0) is 19.1 Å². The Bertz CT molecular complexity index is 997. The third kappa shape index (κ3) is 4.03. The van der Waals surface area contributed by atoms with Crippen molar-refractivity contribution in [2.24, 2.45) is 0 Å². The summed E-state index contributed by atoms with van der Waals surface area (Å²) >= 11 is 0. The first kappa shape index (κ1) is 18.7. The van der Waals surface area contributed by atoms with Crippen molar-refractivity contribution in [3.63, 3.8) is 0 Å². The number of Topliss-reactive ketones (excluding diaryl/α,β-unsaturated/α-hetero) is 1. The van der Waals surface area contributed by atoms with Gasteiger partial charge in [0.05, 0.1) is 29.4 Å². The van der Waals surface area contributed by atoms with Gasteiger partial charge in [0.15, 0.2) is 17.3 Å². The summed E-state index contributed by atoms with van der Waals surface area (Å²) in [5, 5.41) is 9.43. The molecule has 1 heterocycles. The number of hydrogen-bond donors (Lipinski definition) is 2. The van der Waals surface area contributed by atoms with Crippen LogP contribution >= 0.6 is 0 Å². The largest absolute Gasteiger partial charge is 0.490 e. The number of ether oxygens (including phenoxy) is 2. The van der Waals surface area contributed by atoms with Crippen LogP contribution in [0.5, 0.6) is 11.5 Å². The van der Waals surface area contributed by atoms with Crippen molar-refractivity contribution in [1.29, 1.82) is 0 Å². The van der Waals surface area contributed by atoms with E-state index < -0.39 is 16.0 Å². The van der Waals surface area contributed by atoms with E-state index in [1.807, 2.05) is 0 Å². The number of carboxylic acids is 1. The van der Waals surface area contributed by atoms with Gasteiger partial charge >= 0.3 is 5.97 Å². The van der Waals surface area contributed by atoms with Gasteiger partial charge in [-0.15, -0.1) is 0 Å². The molecule has 142 valence electrons. The molecular formula is C18H17NO7S. The zero-order chi connectivity index (χ0) is 19.6. The molecule has 2 aromatic carbocycles. The highest BCUT2D eigenvalue weighted by molar-refractivity contribution is 7.92. The highest BCUT2D eigenvalue weighted by Gasteiger charge is 2.23. The Balaban J connectivity index is 1.99. The Morgan fingerprint density at radius 3 is 2.19 bits per heavy atom. The van der Waals surface area contributed by atoms with Crippen molar-refractivity contribution in [3.05, 3.63) is 47.5 Å². The van der Waals surface area contributed by atoms with Crippen LogP contribution in [0.15, 0.2) is 41.3 Å². The molecule has 8 nitrogen and oxygen atoms in total. The Morgan fingerprint density at radius 1 is 1.04 bits per heavy atom. The van der Waals surface area contributed by atoms with Crippen molar-refractivity contribution < 1.29 is 32.6 Å². The smallest absolute Gasteiger partial charge is 0.337 e. The quantitative estimate of drug-likeness (QED) is 0.752. The predicted octanol–water partition coefficient (Wildman–Crippen LogP) is 2.55. The zero-order valence-electron chi connectivity index (χ0n) is 14.4. The maximum Gasteiger partial charge on any atom is 0.337 e. The number of hydrogen-bond acceptors (Lipinski definition) is 6. The summed E-state index contributed by atoms with van der Waals surface area (Å²) in [5.41, 5.74) is -0.0265. The molecule has 1 aliphatic heterocycles. The van der Waals surface area contributed by atoms with E-state index in [0.29, 0.717) is 25.2 Å². The number of sulfonamides is 1. The third-order valence-corrected chi connectivity index (χ3v) is 5.31. The summed E-state index contributed by atoms with van der Waals surface area (Å²) < 4.78 is 38.5. The third-order valence-electron chi connectivity index (χ3n) is 3.93. The summed E-state index contributed by atoms with van der Waals surface area (Å²) in [7, 11) is -4.07. The number of nitrogens with one attached hydrogen (secondary N) is 1. The molecule has 27 heavy (non-hydrogen) atoms. The van der Waals surface area contributed by atoms with Crippen LogP contribution in [0.2, 0.25) is 0 Å². The second-order valence-electron chi connectivity index (χ2n) is 5.89. The summed E-state index contributed by atoms with van der Waals surface area (Å²) in [6.45, 7) is 2.12. The first-order valence-corrected chi connectivity index (χ1v) is 9.57. The molecule has 9 heteroatoms. The predicted molar refractivity (Wildman–Crippen MR) is 96.3 cm³/mol. The molecule has 0 spiro atoms. The average molecular weight is 391 g/mol. The molecule has 2 N–H and O–H groups in total. The van der Waals surface area contributed by atoms with Gasteiger partial charge in [0.2, 0.25) is 0 Å². The lowest BCUT2D eigenvalue weighted by Gasteiger charge is -2.14. The van der Waals surface area contributed by atoms with E-state index in [0.717, 1.165) is 0 Å². The number of fused-ring (bicyclic) bond motifs is 1. The van der Waals surface area contributed by atoms with E-state index in [1.54, 1.807) is 0 Å². The van der Waals surface area contributed by atoms with Gasteiger partial charge < -0.3 is 14.6 Å². The molecular weight excluding hydrogens is 374 g/mol. The zero-order valence-corrected chi connectivity index (χ0v) is 15.2. The van der Waals surface area contributed by atoms with Crippen LogP contribution in [0.4, 0.5) is 5.69 Å². The van der Waals surface area contributed by atoms with E-state index >= 15 is 0 Å². The lowest BCUT2D eigenvalue weighted by molar-refractivity contribution is 0.0697. The fraction of sp³-hybridized carbons (Fsp3) is 0.222. The van der Waals surface area contributed by atoms with Crippen LogP contribution in [0.3, 0.4) is 0 Å². The van der Waals surface area contributed by atoms with Gasteiger partial charge in [-0.3, -0.25) is 9.52 Å². The van der Waals surface area contributed by atoms with Crippen molar-refractivity contribution in [2.45, 2.75) is 18.2 Å². The molecule has 0 fully saturated rings. The van der Waals surface area contributed by atoms with Gasteiger partial charge in [-0.2, -0.15) is 0 Å². The summed E-state index contributed by atoms with van der Waals surface area (Å²) in [6, 6.07) is 7.88. The Labute approximate surface area is 155 Å². The van der Waals surface area contributed by atoms with Crippen LogP contribution in [0, 0.1) is 0 Å². The maximum atomic E-state index is 12.6. The lowest BCUT2D eigenvalue weighted by Crippen LogP contribution is -2.16. The number of carbonyl (C=O) groups excluding carboxylic acids is 1. The highest BCUT2D eigenvalue weighted by atomic mass is 32.2. The van der Waals surface area contributed by atoms with Gasteiger partial charge in [0, 0.05) is 24.1 Å². The number of aromatic carboxylic acids is 1. The molecule has 1 aliphatic rings. The van der Waals surface area contributed by atoms with Gasteiger partial charge in [0.1, 0.15) is 0 Å². The second-order valence-corrected chi connectivity index (χ2v) is 7.57. The normalized spacial score (nSPS) is 13.5. The Hall–Kier alpha value is -3.07. The van der Waals surface area contributed by atoms with E-state index in [4.69, 9.17) is 9.47 Å². The molecule has 0 atom stereocenters. The molecule has 0 saturated heterocycles. The summed E-state index contributed by atoms with van der Waals surface area (Å²) in [5.74, 6) is -0.987. The number of rotatable bonds is 5. The standard InChI is InChI=1S/C18H17NO7S/c1-11(20)12-3-5-13(6-4-12)27(23,24)19-15-10-17-16(9-14(15)18(21)22)25-7-2-8-26-17/h3-6,9-10,19H,2,7-8H2,1H3,(H,21,22). The first-order chi connectivity index (χ1) is 12.8. The summed E-state index contributed by atoms with van der Waals surface area (Å²) in [4.78, 5) is 22.8. The minimum atomic E-state index is -4.07. The van der Waals surface area contributed by atoms with Crippen molar-refractivity contribution in [1.82, 2.24) is 0 Å². The molecule has 0 aliphatic carbocycles. The highest BCUT2D eigenvalue weighted by Crippen LogP contribution is 2.36. The molecule has 2 aromatic rings. The molecule has 0 amide bonds. The SMILES string of the molecule is CC(=O)c1ccc(S(=O)(=O)Nc2cc3c(cc2C(=O)O)OCCCO3)cc1. The van der Waals surface area contributed by atoms with E-state index in [-0.39, 0.29) is 33.4 Å². The van der Waals surface area contributed by atoms with Gasteiger partial charge in [-0.25, -0.2) is 13.2 Å². The maximum absolute atomic E-state index is 12.6. The van der Waals surface area contributed by atoms with Crippen LogP contribution < -0.4 is 14.2 Å². The number of carbonyl (C=O) groups is 2. The number of ketones is 1. The van der Waals surface area contributed by atoms with Crippen LogP contribution in [-0.2, 0) is 10.0 Å². The Kier molecular flexibility index (Phi) is 5.04. The molecule has 0 radical (unpaired) electrons. The van der Waals surface area contributed by atoms with Crippen LogP contribution in [-0.4, -0.2) is 38.5 Å². The van der Waals surface area contributed by atoms with Crippen molar-refractivity contribution >= 4 is 27.5 Å². The molecule has 0 saturated carbocycles. The van der Waals surface area contributed by atoms with Crippen molar-refractivity contribution in [2.75, 3.05) is 17.9 Å². The number of carboxylic acid groups (broad SMARTS) is 1. The molecule has 0 aromatic heterocycles. The number of anilines is 1. The second kappa shape index (κ2) is 7.28. The van der Waals surface area contributed by atoms with Gasteiger partial charge in [-0.1, -0.05) is 12.1 Å². The monoisotopic (exact) mass is 391 g/mol. The topological polar surface area (TPSA) is 119 Å². The van der Waals surface area contributed by atoms with Crippen LogP contribution in [0.25, 0.3) is 0 Å². The molecule has 0 unspecified atom stereocenters. The fourth-order valence-electron chi connectivity index (χ4n) is 2.54. The first-order valence-electron chi connectivity index (χ1n) is 8.09. The summed E-state index contributed by atoms with van der Waals surface area (Å²) in [6.07, 6.45) is 0.626. The lowest BCUT2D eigenvalue weighted by atomic mass is 10.1. The molecule has 0 bridgehead atoms. The minimum Gasteiger partial charge on any atom is -0.490 e. The van der Waals surface area contributed by atoms with Crippen molar-refractivity contribution in [3.8, 4) is 11.5 Å². The number of benzene rings is 2. The fourth-order valence-corrected chi connectivity index (χ4v) is 3.61.